The van der Waals surface area contributed by atoms with Gasteiger partial charge in [-0.1, -0.05) is 48.5 Å². The van der Waals surface area contributed by atoms with E-state index in [0.717, 1.165) is 5.69 Å². The summed E-state index contributed by atoms with van der Waals surface area (Å²) in [4.78, 5) is 39.1. The lowest BCUT2D eigenvalue weighted by molar-refractivity contribution is -0.121. The molecule has 0 saturated carbocycles. The highest BCUT2D eigenvalue weighted by atomic mass is 16.5. The predicted octanol–water partition coefficient (Wildman–Crippen LogP) is 4.15. The van der Waals surface area contributed by atoms with Gasteiger partial charge in [0.05, 0.1) is 11.3 Å². The lowest BCUT2D eigenvalue weighted by atomic mass is 10.1. The molecule has 0 bridgehead atoms. The van der Waals surface area contributed by atoms with Crippen LogP contribution in [0.25, 0.3) is 0 Å². The van der Waals surface area contributed by atoms with Crippen molar-refractivity contribution in [2.24, 2.45) is 0 Å². The van der Waals surface area contributed by atoms with E-state index >= 15 is 0 Å². The number of esters is 1. The largest absolute Gasteiger partial charge is 0.452 e. The summed E-state index contributed by atoms with van der Waals surface area (Å²) in [6.07, 6.45) is 0. The molecule has 6 nitrogen and oxygen atoms in total. The second kappa shape index (κ2) is 10.0. The van der Waals surface area contributed by atoms with Crippen molar-refractivity contribution >= 4 is 29.2 Å². The van der Waals surface area contributed by atoms with E-state index in [-0.39, 0.29) is 17.4 Å². The highest BCUT2D eigenvalue weighted by Crippen LogP contribution is 2.18. The van der Waals surface area contributed by atoms with Crippen LogP contribution in [0.15, 0.2) is 84.9 Å². The van der Waals surface area contributed by atoms with Crippen molar-refractivity contribution in [1.29, 1.82) is 0 Å². The van der Waals surface area contributed by atoms with Crippen LogP contribution in [0.5, 0.6) is 0 Å². The maximum atomic E-state index is 12.6. The van der Waals surface area contributed by atoms with Gasteiger partial charge in [0.25, 0.3) is 11.8 Å². The van der Waals surface area contributed by atoms with Crippen molar-refractivity contribution in [3.63, 3.8) is 0 Å². The summed E-state index contributed by atoms with van der Waals surface area (Å²) in [6, 6.07) is 24.4. The Morgan fingerprint density at radius 2 is 1.43 bits per heavy atom. The molecule has 0 unspecified atom stereocenters. The smallest absolute Gasteiger partial charge is 0.340 e. The molecule has 0 saturated heterocycles. The van der Waals surface area contributed by atoms with E-state index in [0.29, 0.717) is 17.8 Å². The van der Waals surface area contributed by atoms with Gasteiger partial charge in [-0.15, -0.1) is 0 Å². The Morgan fingerprint density at radius 3 is 2.10 bits per heavy atom. The van der Waals surface area contributed by atoms with Crippen LogP contribution in [0.4, 0.5) is 11.4 Å². The molecule has 6 heteroatoms. The molecule has 0 spiro atoms. The molecular formula is C24H22N2O4. The number of nitrogens with zero attached hydrogens (tertiary/aromatic N) is 1. The van der Waals surface area contributed by atoms with Gasteiger partial charge in [0, 0.05) is 17.8 Å². The number of anilines is 2. The second-order valence-corrected chi connectivity index (χ2v) is 6.42. The molecular weight excluding hydrogens is 380 g/mol. The van der Waals surface area contributed by atoms with Crippen molar-refractivity contribution in [3.05, 3.63) is 96.1 Å². The van der Waals surface area contributed by atoms with Crippen LogP contribution >= 0.6 is 0 Å². The third-order valence-corrected chi connectivity index (χ3v) is 4.44. The molecule has 3 aromatic rings. The van der Waals surface area contributed by atoms with Crippen LogP contribution in [-0.4, -0.2) is 30.9 Å². The van der Waals surface area contributed by atoms with E-state index in [2.05, 4.69) is 5.32 Å². The van der Waals surface area contributed by atoms with Gasteiger partial charge in [0.2, 0.25) is 0 Å². The van der Waals surface area contributed by atoms with Crippen molar-refractivity contribution < 1.29 is 19.1 Å². The number of hydrogen-bond donors (Lipinski definition) is 1. The third kappa shape index (κ3) is 5.11. The van der Waals surface area contributed by atoms with Gasteiger partial charge in [-0.05, 0) is 43.3 Å². The minimum absolute atomic E-state index is 0.178. The summed E-state index contributed by atoms with van der Waals surface area (Å²) in [6.45, 7) is 1.90. The summed E-state index contributed by atoms with van der Waals surface area (Å²) in [5.41, 5.74) is 1.70. The van der Waals surface area contributed by atoms with Gasteiger partial charge in [-0.25, -0.2) is 4.79 Å². The zero-order chi connectivity index (χ0) is 21.3. The van der Waals surface area contributed by atoms with Gasteiger partial charge in [-0.2, -0.15) is 0 Å². The zero-order valence-electron chi connectivity index (χ0n) is 16.6. The molecule has 30 heavy (non-hydrogen) atoms. The molecule has 0 aliphatic carbocycles. The number of benzene rings is 3. The first kappa shape index (κ1) is 20.8. The Labute approximate surface area is 175 Å². The fourth-order valence-electron chi connectivity index (χ4n) is 2.95. The summed E-state index contributed by atoms with van der Waals surface area (Å²) >= 11 is 0. The van der Waals surface area contributed by atoms with Gasteiger partial charge in [0.1, 0.15) is 0 Å². The number of nitrogens with one attached hydrogen (secondary N) is 1. The van der Waals surface area contributed by atoms with Crippen molar-refractivity contribution in [2.75, 3.05) is 23.4 Å². The molecule has 1 N–H and O–H groups in total. The third-order valence-electron chi connectivity index (χ3n) is 4.44. The lowest BCUT2D eigenvalue weighted by Crippen LogP contribution is -2.34. The maximum Gasteiger partial charge on any atom is 0.340 e. The van der Waals surface area contributed by atoms with Crippen LogP contribution in [0.1, 0.15) is 27.6 Å². The number of ether oxygens (including phenoxy) is 1. The van der Waals surface area contributed by atoms with Crippen LogP contribution < -0.4 is 10.2 Å². The molecule has 0 aliphatic heterocycles. The minimum atomic E-state index is -0.684. The summed E-state index contributed by atoms with van der Waals surface area (Å²) in [5.74, 6) is -1.35. The summed E-state index contributed by atoms with van der Waals surface area (Å²) in [5, 5.41) is 2.72. The fraction of sp³-hybridized carbons (Fsp3) is 0.125. The minimum Gasteiger partial charge on any atom is -0.452 e. The highest BCUT2D eigenvalue weighted by Gasteiger charge is 2.19. The first-order valence-corrected chi connectivity index (χ1v) is 9.58. The SMILES string of the molecule is CCN(C(=O)COC(=O)c1ccccc1NC(=O)c1ccccc1)c1ccccc1. The molecule has 0 radical (unpaired) electrons. The molecule has 0 heterocycles. The maximum absolute atomic E-state index is 12.6. The number of carbonyl (C=O) groups excluding carboxylic acids is 3. The first-order chi connectivity index (χ1) is 14.6. The average Bonchev–Trinajstić information content (AvgIpc) is 2.79. The molecule has 0 fully saturated rings. The lowest BCUT2D eigenvalue weighted by Gasteiger charge is -2.21. The standard InChI is InChI=1S/C24H22N2O4/c1-2-26(19-13-7-4-8-14-19)22(27)17-30-24(29)20-15-9-10-16-21(20)25-23(28)18-11-5-3-6-12-18/h3-16H,2,17H2,1H3,(H,25,28). The Kier molecular flexibility index (Phi) is 6.95. The van der Waals surface area contributed by atoms with Gasteiger partial charge >= 0.3 is 5.97 Å². The van der Waals surface area contributed by atoms with E-state index < -0.39 is 12.6 Å². The van der Waals surface area contributed by atoms with Crippen LogP contribution in [0, 0.1) is 0 Å². The van der Waals surface area contributed by atoms with E-state index in [1.165, 1.54) is 4.90 Å². The van der Waals surface area contributed by atoms with Crippen molar-refractivity contribution in [3.8, 4) is 0 Å². The molecule has 0 aliphatic rings. The molecule has 2 amide bonds. The van der Waals surface area contributed by atoms with Crippen molar-refractivity contribution in [1.82, 2.24) is 0 Å². The Bertz CT molecular complexity index is 1020. The van der Waals surface area contributed by atoms with Crippen LogP contribution in [-0.2, 0) is 9.53 Å². The second-order valence-electron chi connectivity index (χ2n) is 6.42. The molecule has 0 aromatic heterocycles. The Hall–Kier alpha value is -3.93. The van der Waals surface area contributed by atoms with E-state index in [9.17, 15) is 14.4 Å². The molecule has 0 atom stereocenters. The quantitative estimate of drug-likeness (QED) is 0.603. The number of rotatable bonds is 7. The van der Waals surface area contributed by atoms with E-state index in [4.69, 9.17) is 4.74 Å². The molecule has 152 valence electrons. The summed E-state index contributed by atoms with van der Waals surface area (Å²) in [7, 11) is 0. The predicted molar refractivity (Wildman–Crippen MR) is 116 cm³/mol. The highest BCUT2D eigenvalue weighted by molar-refractivity contribution is 6.08. The van der Waals surface area contributed by atoms with Crippen LogP contribution in [0.2, 0.25) is 0 Å². The Balaban J connectivity index is 1.67. The summed E-state index contributed by atoms with van der Waals surface area (Å²) < 4.78 is 5.24. The van der Waals surface area contributed by atoms with Gasteiger partial charge in [0.15, 0.2) is 6.61 Å². The van der Waals surface area contributed by atoms with E-state index in [1.54, 1.807) is 48.5 Å². The van der Waals surface area contributed by atoms with Gasteiger partial charge in [-0.3, -0.25) is 9.59 Å². The number of carbonyl (C=O) groups is 3. The number of likely N-dealkylation sites (N-methyl/N-ethyl adjacent to an activating group) is 1. The fourth-order valence-corrected chi connectivity index (χ4v) is 2.95. The van der Waals surface area contributed by atoms with Crippen LogP contribution in [0.3, 0.4) is 0 Å². The van der Waals surface area contributed by atoms with Crippen molar-refractivity contribution in [2.45, 2.75) is 6.92 Å². The van der Waals surface area contributed by atoms with Gasteiger partial charge < -0.3 is 15.0 Å². The average molecular weight is 402 g/mol. The van der Waals surface area contributed by atoms with E-state index in [1.807, 2.05) is 43.3 Å². The molecule has 3 aromatic carbocycles. The normalized spacial score (nSPS) is 10.2. The first-order valence-electron chi connectivity index (χ1n) is 9.58. The topological polar surface area (TPSA) is 75.7 Å². The number of hydrogen-bond acceptors (Lipinski definition) is 4. The number of para-hydroxylation sites is 2. The number of amides is 2. The molecule has 3 rings (SSSR count). The Morgan fingerprint density at radius 1 is 0.833 bits per heavy atom. The zero-order valence-corrected chi connectivity index (χ0v) is 16.6. The monoisotopic (exact) mass is 402 g/mol.